The van der Waals surface area contributed by atoms with Crippen molar-refractivity contribution in [2.24, 2.45) is 5.73 Å². The molecule has 2 nitrogen and oxygen atoms in total. The molecule has 0 spiro atoms. The van der Waals surface area contributed by atoms with E-state index in [1.54, 1.807) is 6.08 Å². The van der Waals surface area contributed by atoms with Gasteiger partial charge in [0.1, 0.15) is 6.61 Å². The van der Waals surface area contributed by atoms with Crippen molar-refractivity contribution in [3.05, 3.63) is 12.7 Å². The van der Waals surface area contributed by atoms with Gasteiger partial charge in [0.2, 0.25) is 0 Å². The Morgan fingerprint density at radius 1 is 2.00 bits per heavy atom. The van der Waals surface area contributed by atoms with E-state index >= 15 is 0 Å². The molecule has 0 heterocycles. The standard InChI is InChI=1S/C4H7NOS.K.H/c1-2-3-6-4(5)7;;/h2H,1,3H2,(H2,5,7);;/q;+1;-1. The molecule has 0 aliphatic heterocycles. The zero-order chi connectivity index (χ0) is 5.70. The number of hydrogen-bond donors (Lipinski definition) is 1. The molecule has 0 bridgehead atoms. The van der Waals surface area contributed by atoms with Crippen LogP contribution in [0.1, 0.15) is 1.43 Å². The van der Waals surface area contributed by atoms with Gasteiger partial charge in [0.15, 0.2) is 0 Å². The van der Waals surface area contributed by atoms with Crippen molar-refractivity contribution in [2.45, 2.75) is 0 Å². The largest absolute Gasteiger partial charge is 1.00 e. The van der Waals surface area contributed by atoms with Crippen molar-refractivity contribution >= 4 is 17.4 Å². The molecule has 0 fully saturated rings. The summed E-state index contributed by atoms with van der Waals surface area (Å²) in [5, 5.41) is 0.0694. The van der Waals surface area contributed by atoms with Gasteiger partial charge in [-0.05, 0) is 12.2 Å². The van der Waals surface area contributed by atoms with E-state index < -0.39 is 0 Å². The van der Waals surface area contributed by atoms with Crippen LogP contribution in [0.25, 0.3) is 0 Å². The van der Waals surface area contributed by atoms with Crippen molar-refractivity contribution in [2.75, 3.05) is 6.61 Å². The maximum absolute atomic E-state index is 4.94. The van der Waals surface area contributed by atoms with Gasteiger partial charge in [0.05, 0.1) is 0 Å². The fourth-order valence-electron chi connectivity index (χ4n) is 0.141. The molecule has 0 aromatic heterocycles. The molecule has 42 valence electrons. The molecule has 2 N–H and O–H groups in total. The second kappa shape index (κ2) is 8.07. The average molecular weight is 157 g/mol. The van der Waals surface area contributed by atoms with Crippen LogP contribution in [0.2, 0.25) is 0 Å². The first-order chi connectivity index (χ1) is 3.27. The molecular formula is C4H8KNOS. The Balaban J connectivity index is -0.000000180. The fourth-order valence-corrected chi connectivity index (χ4v) is 0.209. The van der Waals surface area contributed by atoms with Gasteiger partial charge < -0.3 is 11.9 Å². The predicted molar refractivity (Wildman–Crippen MR) is 34.0 cm³/mol. The molecule has 0 unspecified atom stereocenters. The van der Waals surface area contributed by atoms with E-state index in [2.05, 4.69) is 23.5 Å². The zero-order valence-corrected chi connectivity index (χ0v) is 8.83. The van der Waals surface area contributed by atoms with Crippen molar-refractivity contribution in [1.29, 1.82) is 0 Å². The third kappa shape index (κ3) is 10.1. The van der Waals surface area contributed by atoms with Crippen molar-refractivity contribution in [1.82, 2.24) is 0 Å². The van der Waals surface area contributed by atoms with Crippen molar-refractivity contribution in [3.63, 3.8) is 0 Å². The monoisotopic (exact) mass is 157 g/mol. The maximum Gasteiger partial charge on any atom is 1.00 e. The van der Waals surface area contributed by atoms with Gasteiger partial charge in [-0.2, -0.15) is 0 Å². The molecule has 0 amide bonds. The van der Waals surface area contributed by atoms with Crippen LogP contribution in [-0.4, -0.2) is 11.8 Å². The zero-order valence-electron chi connectivity index (χ0n) is 5.89. The number of hydrogen-bond acceptors (Lipinski definition) is 2. The molecule has 4 heteroatoms. The van der Waals surface area contributed by atoms with E-state index in [4.69, 9.17) is 5.73 Å². The van der Waals surface area contributed by atoms with Crippen LogP contribution in [0, 0.1) is 0 Å². The summed E-state index contributed by atoms with van der Waals surface area (Å²) in [6.07, 6.45) is 1.58. The molecule has 8 heavy (non-hydrogen) atoms. The van der Waals surface area contributed by atoms with Crippen LogP contribution >= 0.6 is 12.2 Å². The molecular weight excluding hydrogens is 149 g/mol. The average Bonchev–Trinajstić information content (AvgIpc) is 1.61. The SMILES string of the molecule is C=CCOC(N)=S.[H-].[K+]. The van der Waals surface area contributed by atoms with Crippen molar-refractivity contribution in [3.8, 4) is 0 Å². The molecule has 0 aliphatic rings. The van der Waals surface area contributed by atoms with Gasteiger partial charge in [-0.3, -0.25) is 0 Å². The van der Waals surface area contributed by atoms with E-state index in [1.165, 1.54) is 0 Å². The summed E-state index contributed by atoms with van der Waals surface area (Å²) in [7, 11) is 0. The topological polar surface area (TPSA) is 35.2 Å². The number of rotatable bonds is 2. The quantitative estimate of drug-likeness (QED) is 0.274. The van der Waals surface area contributed by atoms with Crippen LogP contribution in [-0.2, 0) is 4.74 Å². The number of thiocarbonyl (C=S) groups is 1. The Bertz CT molecular complexity index is 90.6. The third-order valence-corrected chi connectivity index (χ3v) is 0.461. The maximum atomic E-state index is 4.94. The van der Waals surface area contributed by atoms with Gasteiger partial charge in [0.25, 0.3) is 5.17 Å². The predicted octanol–water partition coefficient (Wildman–Crippen LogP) is -2.45. The van der Waals surface area contributed by atoms with Crippen LogP contribution in [0.5, 0.6) is 0 Å². The van der Waals surface area contributed by atoms with Crippen LogP contribution in [0.3, 0.4) is 0 Å². The Labute approximate surface area is 98.4 Å². The van der Waals surface area contributed by atoms with Gasteiger partial charge >= 0.3 is 51.4 Å². The fraction of sp³-hybridized carbons (Fsp3) is 0.250. The van der Waals surface area contributed by atoms with Gasteiger partial charge in [0, 0.05) is 0 Å². The first-order valence-corrected chi connectivity index (χ1v) is 2.21. The molecule has 0 radical (unpaired) electrons. The summed E-state index contributed by atoms with van der Waals surface area (Å²) in [6, 6.07) is 0. The Kier molecular flexibility index (Phi) is 11.9. The molecule has 0 aliphatic carbocycles. The second-order valence-corrected chi connectivity index (χ2v) is 1.32. The first-order valence-electron chi connectivity index (χ1n) is 1.80. The Morgan fingerprint density at radius 3 is 2.62 bits per heavy atom. The van der Waals surface area contributed by atoms with E-state index in [9.17, 15) is 0 Å². The normalized spacial score (nSPS) is 6.50. The summed E-state index contributed by atoms with van der Waals surface area (Å²) >= 11 is 4.37. The van der Waals surface area contributed by atoms with Crippen LogP contribution < -0.4 is 57.1 Å². The summed E-state index contributed by atoms with van der Waals surface area (Å²) in [6.45, 7) is 3.79. The van der Waals surface area contributed by atoms with Gasteiger partial charge in [-0.25, -0.2) is 0 Å². The third-order valence-electron chi connectivity index (χ3n) is 0.343. The van der Waals surface area contributed by atoms with E-state index in [0.717, 1.165) is 0 Å². The molecule has 0 saturated carbocycles. The van der Waals surface area contributed by atoms with E-state index in [-0.39, 0.29) is 58.0 Å². The summed E-state index contributed by atoms with van der Waals surface area (Å²) in [5.41, 5.74) is 4.94. The Hall–Kier alpha value is 1.07. The number of nitrogens with two attached hydrogens (primary N) is 1. The smallest absolute Gasteiger partial charge is 1.00 e. The molecule has 0 saturated heterocycles. The minimum Gasteiger partial charge on any atom is -1.00 e. The summed E-state index contributed by atoms with van der Waals surface area (Å²) < 4.78 is 4.58. The van der Waals surface area contributed by atoms with Crippen LogP contribution in [0.4, 0.5) is 0 Å². The van der Waals surface area contributed by atoms with E-state index in [0.29, 0.717) is 6.61 Å². The van der Waals surface area contributed by atoms with Crippen molar-refractivity contribution < 1.29 is 57.5 Å². The minimum absolute atomic E-state index is 0. The molecule has 0 aromatic carbocycles. The first kappa shape index (κ1) is 11.8. The summed E-state index contributed by atoms with van der Waals surface area (Å²) in [4.78, 5) is 0. The van der Waals surface area contributed by atoms with Gasteiger partial charge in [-0.1, -0.05) is 12.7 Å². The molecule has 0 rings (SSSR count). The van der Waals surface area contributed by atoms with Crippen LogP contribution in [0.15, 0.2) is 12.7 Å². The molecule has 0 aromatic rings. The number of ether oxygens (including phenoxy) is 1. The molecule has 0 atom stereocenters. The van der Waals surface area contributed by atoms with E-state index in [1.807, 2.05) is 0 Å². The Morgan fingerprint density at radius 2 is 2.50 bits per heavy atom. The second-order valence-electron chi connectivity index (χ2n) is 0.919. The minimum atomic E-state index is 0. The summed E-state index contributed by atoms with van der Waals surface area (Å²) in [5.74, 6) is 0. The van der Waals surface area contributed by atoms with Gasteiger partial charge in [-0.15, -0.1) is 0 Å².